The van der Waals surface area contributed by atoms with Gasteiger partial charge in [-0.15, -0.1) is 0 Å². The SMILES string of the molecule is CCCCCNC(=O)C1N([C@@H](CO)CC(C)C)C(=O)[C@@H]2[C@@H](C(=O)Nc3ccccc3)[C@H]3CCC12O3. The van der Waals surface area contributed by atoms with Gasteiger partial charge in [0.15, 0.2) is 0 Å². The third-order valence-corrected chi connectivity index (χ3v) is 7.76. The molecule has 3 aliphatic rings. The molecule has 3 saturated heterocycles. The van der Waals surface area contributed by atoms with Crippen LogP contribution in [0.1, 0.15) is 59.3 Å². The van der Waals surface area contributed by atoms with Crippen LogP contribution in [0.15, 0.2) is 30.3 Å². The molecule has 3 fully saturated rings. The Morgan fingerprint density at radius 1 is 1.20 bits per heavy atom. The maximum atomic E-state index is 14.0. The fraction of sp³-hybridized carbons (Fsp3) is 0.667. The third kappa shape index (κ3) is 4.70. The lowest BCUT2D eigenvalue weighted by Crippen LogP contribution is -2.58. The van der Waals surface area contributed by atoms with Gasteiger partial charge in [-0.3, -0.25) is 14.4 Å². The molecule has 1 spiro atoms. The van der Waals surface area contributed by atoms with Gasteiger partial charge in [0.05, 0.1) is 30.6 Å². The summed E-state index contributed by atoms with van der Waals surface area (Å²) in [4.78, 5) is 42.6. The van der Waals surface area contributed by atoms with E-state index < -0.39 is 35.6 Å². The first-order valence-electron chi connectivity index (χ1n) is 13.1. The number of fused-ring (bicyclic) bond motifs is 1. The van der Waals surface area contributed by atoms with Crippen LogP contribution < -0.4 is 10.6 Å². The summed E-state index contributed by atoms with van der Waals surface area (Å²) < 4.78 is 6.45. The standard InChI is InChI=1S/C27H39N3O5/c1-4-5-9-14-28-25(33)23-27-13-12-20(35-27)21(24(32)29-18-10-7-6-8-11-18)22(27)26(34)30(23)19(16-31)15-17(2)3/h6-8,10-11,17,19-23,31H,4-5,9,12-16H2,1-3H3,(H,28,33)(H,29,32)/t19-,20-,21+,22+,23?,27?/m1/s1. The summed E-state index contributed by atoms with van der Waals surface area (Å²) in [6, 6.07) is 7.81. The molecule has 192 valence electrons. The van der Waals surface area contributed by atoms with Gasteiger partial charge >= 0.3 is 0 Å². The monoisotopic (exact) mass is 485 g/mol. The Morgan fingerprint density at radius 3 is 2.60 bits per heavy atom. The molecule has 2 unspecified atom stereocenters. The fourth-order valence-electron chi connectivity index (χ4n) is 6.33. The van der Waals surface area contributed by atoms with Crippen LogP contribution in [-0.2, 0) is 19.1 Å². The maximum absolute atomic E-state index is 14.0. The smallest absolute Gasteiger partial charge is 0.245 e. The van der Waals surface area contributed by atoms with Gasteiger partial charge in [0.2, 0.25) is 17.7 Å². The molecule has 1 aromatic rings. The average Bonchev–Trinajstić information content (AvgIpc) is 3.48. The summed E-state index contributed by atoms with van der Waals surface area (Å²) in [5.74, 6) is -1.94. The third-order valence-electron chi connectivity index (χ3n) is 7.76. The lowest BCUT2D eigenvalue weighted by atomic mass is 9.70. The van der Waals surface area contributed by atoms with Crippen LogP contribution in [0.4, 0.5) is 5.69 Å². The summed E-state index contributed by atoms with van der Waals surface area (Å²) >= 11 is 0. The zero-order valence-corrected chi connectivity index (χ0v) is 21.0. The molecule has 6 atom stereocenters. The average molecular weight is 486 g/mol. The number of unbranched alkanes of at least 4 members (excludes halogenated alkanes) is 2. The van der Waals surface area contributed by atoms with Crippen molar-refractivity contribution in [3.63, 3.8) is 0 Å². The van der Waals surface area contributed by atoms with Crippen molar-refractivity contribution in [2.75, 3.05) is 18.5 Å². The lowest BCUT2D eigenvalue weighted by Gasteiger charge is -2.37. The normalized spacial score (nSPS) is 30.0. The minimum atomic E-state index is -1.04. The van der Waals surface area contributed by atoms with E-state index in [9.17, 15) is 19.5 Å². The molecule has 0 saturated carbocycles. The van der Waals surface area contributed by atoms with Crippen LogP contribution in [-0.4, -0.2) is 64.7 Å². The topological polar surface area (TPSA) is 108 Å². The highest BCUT2D eigenvalue weighted by Crippen LogP contribution is 2.59. The largest absolute Gasteiger partial charge is 0.394 e. The summed E-state index contributed by atoms with van der Waals surface area (Å²) in [6.07, 6.45) is 4.25. The zero-order valence-electron chi connectivity index (χ0n) is 21.0. The van der Waals surface area contributed by atoms with Gasteiger partial charge in [-0.1, -0.05) is 51.8 Å². The highest BCUT2D eigenvalue weighted by molar-refractivity contribution is 6.02. The highest BCUT2D eigenvalue weighted by Gasteiger charge is 2.75. The molecule has 3 aliphatic heterocycles. The van der Waals surface area contributed by atoms with Gasteiger partial charge in [0.1, 0.15) is 11.6 Å². The quantitative estimate of drug-likeness (QED) is 0.418. The lowest BCUT2D eigenvalue weighted by molar-refractivity contribution is -0.145. The fourth-order valence-corrected chi connectivity index (χ4v) is 6.33. The Labute approximate surface area is 207 Å². The molecule has 0 aromatic heterocycles. The van der Waals surface area contributed by atoms with Gasteiger partial charge in [0.25, 0.3) is 0 Å². The molecule has 3 heterocycles. The Hall–Kier alpha value is -2.45. The van der Waals surface area contributed by atoms with Crippen molar-refractivity contribution < 1.29 is 24.2 Å². The minimum absolute atomic E-state index is 0.223. The van der Waals surface area contributed by atoms with E-state index in [1.165, 1.54) is 0 Å². The summed E-state index contributed by atoms with van der Waals surface area (Å²) in [6.45, 7) is 6.45. The number of amides is 3. The van der Waals surface area contributed by atoms with Crippen LogP contribution in [0.25, 0.3) is 0 Å². The Kier molecular flexibility index (Phi) is 7.81. The molecule has 8 nitrogen and oxygen atoms in total. The van der Waals surface area contributed by atoms with Crippen LogP contribution in [0.2, 0.25) is 0 Å². The number of rotatable bonds is 11. The summed E-state index contributed by atoms with van der Waals surface area (Å²) in [5, 5.41) is 16.2. The first-order valence-corrected chi connectivity index (χ1v) is 13.1. The number of nitrogens with zero attached hydrogens (tertiary/aromatic N) is 1. The number of aliphatic hydroxyl groups is 1. The Morgan fingerprint density at radius 2 is 1.94 bits per heavy atom. The van der Waals surface area contributed by atoms with Crippen LogP contribution in [0.5, 0.6) is 0 Å². The maximum Gasteiger partial charge on any atom is 0.245 e. The van der Waals surface area contributed by atoms with Crippen LogP contribution in [0.3, 0.4) is 0 Å². The number of anilines is 1. The number of hydrogen-bond donors (Lipinski definition) is 3. The number of hydrogen-bond acceptors (Lipinski definition) is 5. The van der Waals surface area contributed by atoms with E-state index in [2.05, 4.69) is 17.6 Å². The highest BCUT2D eigenvalue weighted by atomic mass is 16.5. The number of ether oxygens (including phenoxy) is 1. The van der Waals surface area contributed by atoms with E-state index in [0.29, 0.717) is 31.5 Å². The first-order chi connectivity index (χ1) is 16.8. The van der Waals surface area contributed by atoms with Crippen molar-refractivity contribution >= 4 is 23.4 Å². The van der Waals surface area contributed by atoms with Gasteiger partial charge in [-0.05, 0) is 43.7 Å². The molecule has 8 heteroatoms. The molecular weight excluding hydrogens is 446 g/mol. The molecule has 35 heavy (non-hydrogen) atoms. The number of carbonyl (C=O) groups is 3. The van der Waals surface area contributed by atoms with E-state index in [1.54, 1.807) is 4.90 Å². The first kappa shape index (κ1) is 25.6. The van der Waals surface area contributed by atoms with Gasteiger partial charge in [-0.2, -0.15) is 0 Å². The van der Waals surface area contributed by atoms with E-state index in [1.807, 2.05) is 44.2 Å². The predicted molar refractivity (Wildman–Crippen MR) is 132 cm³/mol. The van der Waals surface area contributed by atoms with Crippen molar-refractivity contribution in [2.24, 2.45) is 17.8 Å². The number of para-hydroxylation sites is 1. The molecule has 2 bridgehead atoms. The van der Waals surface area contributed by atoms with E-state index in [-0.39, 0.29) is 30.2 Å². The summed E-state index contributed by atoms with van der Waals surface area (Å²) in [7, 11) is 0. The van der Waals surface area contributed by atoms with Crippen molar-refractivity contribution in [1.29, 1.82) is 0 Å². The van der Waals surface area contributed by atoms with Crippen LogP contribution in [0, 0.1) is 17.8 Å². The second-order valence-corrected chi connectivity index (χ2v) is 10.6. The Bertz CT molecular complexity index is 923. The van der Waals surface area contributed by atoms with Crippen molar-refractivity contribution in [3.05, 3.63) is 30.3 Å². The second kappa shape index (κ2) is 10.7. The molecule has 4 rings (SSSR count). The van der Waals surface area contributed by atoms with Gasteiger partial charge in [0, 0.05) is 12.2 Å². The number of nitrogens with one attached hydrogen (secondary N) is 2. The summed E-state index contributed by atoms with van der Waals surface area (Å²) in [5.41, 5.74) is -0.380. The van der Waals surface area contributed by atoms with E-state index in [0.717, 1.165) is 19.3 Å². The molecule has 3 N–H and O–H groups in total. The number of benzene rings is 1. The zero-order chi connectivity index (χ0) is 25.2. The van der Waals surface area contributed by atoms with Crippen molar-refractivity contribution in [3.8, 4) is 0 Å². The van der Waals surface area contributed by atoms with Crippen LogP contribution >= 0.6 is 0 Å². The number of carbonyl (C=O) groups excluding carboxylic acids is 3. The number of likely N-dealkylation sites (tertiary alicyclic amines) is 1. The minimum Gasteiger partial charge on any atom is -0.394 e. The Balaban J connectivity index is 1.65. The predicted octanol–water partition coefficient (Wildman–Crippen LogP) is 2.71. The molecular formula is C27H39N3O5. The van der Waals surface area contributed by atoms with Crippen molar-refractivity contribution in [2.45, 2.75) is 83.1 Å². The van der Waals surface area contributed by atoms with Gasteiger partial charge < -0.3 is 25.4 Å². The number of aliphatic hydroxyl groups excluding tert-OH is 1. The van der Waals surface area contributed by atoms with Crippen molar-refractivity contribution in [1.82, 2.24) is 10.2 Å². The van der Waals surface area contributed by atoms with E-state index in [4.69, 9.17) is 4.74 Å². The molecule has 1 aromatic carbocycles. The van der Waals surface area contributed by atoms with E-state index >= 15 is 0 Å². The molecule has 0 radical (unpaired) electrons. The molecule has 3 amide bonds. The second-order valence-electron chi connectivity index (χ2n) is 10.6. The van der Waals surface area contributed by atoms with Gasteiger partial charge in [-0.25, -0.2) is 0 Å². The molecule has 0 aliphatic carbocycles.